The number of benzene rings is 10. The molecule has 10 aromatic carbocycles. The van der Waals surface area contributed by atoms with E-state index in [1.807, 2.05) is 22.7 Å². The third-order valence-electron chi connectivity index (χ3n) is 15.7. The molecule has 320 valence electrons. The van der Waals surface area contributed by atoms with E-state index in [0.29, 0.717) is 0 Å². The zero-order valence-electron chi connectivity index (χ0n) is 37.5. The Hall–Kier alpha value is -7.76. The lowest BCUT2D eigenvalue weighted by atomic mass is 9.54. The molecule has 68 heavy (non-hydrogen) atoms. The van der Waals surface area contributed by atoms with E-state index in [0.717, 1.165) is 0 Å². The van der Waals surface area contributed by atoms with Crippen LogP contribution in [0, 0.1) is 0 Å². The lowest BCUT2D eigenvalue weighted by Gasteiger charge is -2.48. The van der Waals surface area contributed by atoms with Gasteiger partial charge in [0, 0.05) is 63.3 Å². The molecule has 0 saturated heterocycles. The number of hydrogen-bond donors (Lipinski definition) is 0. The largest absolute Gasteiger partial charge is 0.308 e. The molecule has 0 amide bonds. The monoisotopic (exact) mass is 902 g/mol. The van der Waals surface area contributed by atoms with Crippen molar-refractivity contribution >= 4 is 107 Å². The second-order valence-electron chi connectivity index (χ2n) is 19.0. The van der Waals surface area contributed by atoms with Crippen molar-refractivity contribution < 1.29 is 0 Å². The second kappa shape index (κ2) is 13.9. The molecule has 0 spiro atoms. The fraction of sp³-hybridized carbons (Fsp3) is 0.0625. The van der Waals surface area contributed by atoms with Gasteiger partial charge in [-0.2, -0.15) is 0 Å². The average molecular weight is 903 g/mol. The van der Waals surface area contributed by atoms with E-state index in [9.17, 15) is 0 Å². The van der Waals surface area contributed by atoms with Crippen molar-refractivity contribution in [1.82, 2.24) is 9.13 Å². The van der Waals surface area contributed by atoms with Crippen molar-refractivity contribution in [2.45, 2.75) is 24.7 Å². The van der Waals surface area contributed by atoms with Crippen LogP contribution in [0.3, 0.4) is 0 Å². The maximum Gasteiger partial charge on any atom is 0.0640 e. The number of hydrogen-bond acceptors (Lipinski definition) is 2. The zero-order chi connectivity index (χ0) is 44.9. The summed E-state index contributed by atoms with van der Waals surface area (Å²) in [6.07, 6.45) is 0. The molecule has 2 nitrogen and oxygen atoms in total. The Morgan fingerprint density at radius 2 is 0.676 bits per heavy atom. The number of aromatic nitrogens is 2. The van der Waals surface area contributed by atoms with Crippen LogP contribution >= 0.6 is 22.7 Å². The second-order valence-corrected chi connectivity index (χ2v) is 21.1. The van der Waals surface area contributed by atoms with Crippen molar-refractivity contribution in [2.24, 2.45) is 0 Å². The predicted molar refractivity (Wildman–Crippen MR) is 291 cm³/mol. The first kappa shape index (κ1) is 38.4. The Balaban J connectivity index is 1.12. The number of rotatable bonds is 4. The Kier molecular flexibility index (Phi) is 7.84. The molecule has 0 N–H and O–H groups in total. The molecular formula is C64H42N2S2. The van der Waals surface area contributed by atoms with Gasteiger partial charge in [-0.25, -0.2) is 0 Å². The van der Waals surface area contributed by atoms with Gasteiger partial charge in [-0.05, 0) is 95.8 Å². The van der Waals surface area contributed by atoms with E-state index < -0.39 is 10.8 Å². The van der Waals surface area contributed by atoms with Crippen LogP contribution in [-0.4, -0.2) is 9.13 Å². The lowest BCUT2D eigenvalue weighted by molar-refractivity contribution is 0.577. The van der Waals surface area contributed by atoms with E-state index in [1.54, 1.807) is 0 Å². The van der Waals surface area contributed by atoms with Crippen LogP contribution in [0.5, 0.6) is 0 Å². The fourth-order valence-corrected chi connectivity index (χ4v) is 15.2. The summed E-state index contributed by atoms with van der Waals surface area (Å²) in [4.78, 5) is 0. The van der Waals surface area contributed by atoms with Crippen LogP contribution in [0.25, 0.3) is 95.3 Å². The highest BCUT2D eigenvalue weighted by molar-refractivity contribution is 7.26. The van der Waals surface area contributed by atoms with Crippen LogP contribution in [0.1, 0.15) is 47.2 Å². The lowest BCUT2D eigenvalue weighted by Crippen LogP contribution is -2.41. The van der Waals surface area contributed by atoms with Gasteiger partial charge in [0.05, 0.1) is 42.8 Å². The third kappa shape index (κ3) is 4.86. The molecule has 0 radical (unpaired) electrons. The van der Waals surface area contributed by atoms with Crippen molar-refractivity contribution in [2.75, 3.05) is 0 Å². The van der Waals surface area contributed by atoms with Gasteiger partial charge in [-0.3, -0.25) is 0 Å². The molecule has 2 unspecified atom stereocenters. The van der Waals surface area contributed by atoms with Crippen LogP contribution in [0.15, 0.2) is 218 Å². The van der Waals surface area contributed by atoms with Gasteiger partial charge in [0.25, 0.3) is 0 Å². The molecular weight excluding hydrogens is 861 g/mol. The number of thiophene rings is 2. The third-order valence-corrected chi connectivity index (χ3v) is 18.1. The van der Waals surface area contributed by atoms with Crippen LogP contribution in [-0.2, 0) is 10.8 Å². The van der Waals surface area contributed by atoms with E-state index in [2.05, 4.69) is 241 Å². The SMILES string of the molecule is CC1(c2ccccc2)c2ccc3c(c2C(C)(c2ccccc2)c2ccc4c(c21)c1ccccc1n4-c1cccc2c1sc1ccccc12)c1ccccc1n3-c1cccc2c1sc1ccccc12. The maximum absolute atomic E-state index is 2.56. The minimum Gasteiger partial charge on any atom is -0.308 e. The first-order valence-corrected chi connectivity index (χ1v) is 25.2. The molecule has 2 atom stereocenters. The summed E-state index contributed by atoms with van der Waals surface area (Å²) < 4.78 is 10.4. The maximum atomic E-state index is 2.56. The Morgan fingerprint density at radius 1 is 0.309 bits per heavy atom. The van der Waals surface area contributed by atoms with Gasteiger partial charge in [-0.1, -0.05) is 170 Å². The summed E-state index contributed by atoms with van der Waals surface area (Å²) in [6.45, 7) is 5.04. The standard InChI is InChI=1S/C64H42N2S2/c1-63(39-19-5-3-6-20-39)47-35-37-52-58(46-26-10-14-30-50(46)66(52)54-32-18-28-44-42-24-12-16-34-56(42)68-62(44)54)60(47)64(2,40-21-7-4-8-22-40)48-36-38-51-57(59(48)63)45-25-9-13-29-49(45)65(51)53-31-17-27-43-41-23-11-15-33-55(41)67-61(43)53/h3-38H,1-2H3. The van der Waals surface area contributed by atoms with Gasteiger partial charge in [0.15, 0.2) is 0 Å². The van der Waals surface area contributed by atoms with E-state index >= 15 is 0 Å². The van der Waals surface area contributed by atoms with E-state index in [-0.39, 0.29) is 0 Å². The van der Waals surface area contributed by atoms with E-state index in [1.165, 1.54) is 129 Å². The van der Waals surface area contributed by atoms with Gasteiger partial charge < -0.3 is 9.13 Å². The molecule has 1 aliphatic rings. The Labute approximate surface area is 401 Å². The molecule has 0 saturated carbocycles. The number of para-hydroxylation sites is 2. The summed E-state index contributed by atoms with van der Waals surface area (Å²) >= 11 is 3.80. The topological polar surface area (TPSA) is 9.86 Å². The predicted octanol–water partition coefficient (Wildman–Crippen LogP) is 17.6. The van der Waals surface area contributed by atoms with Crippen LogP contribution in [0.4, 0.5) is 0 Å². The molecule has 0 aliphatic heterocycles. The van der Waals surface area contributed by atoms with Crippen molar-refractivity contribution in [3.8, 4) is 11.4 Å². The average Bonchev–Trinajstić information content (AvgIpc) is 4.16. The summed E-state index contributed by atoms with van der Waals surface area (Å²) in [5.41, 5.74) is 14.2. The summed E-state index contributed by atoms with van der Waals surface area (Å²) in [5.74, 6) is 0. The highest BCUT2D eigenvalue weighted by Crippen LogP contribution is 2.60. The number of fused-ring (bicyclic) bond motifs is 16. The Morgan fingerprint density at radius 3 is 1.12 bits per heavy atom. The summed E-state index contributed by atoms with van der Waals surface area (Å²) in [6, 6.07) is 82.3. The Bertz CT molecular complexity index is 4130. The normalized spacial score (nSPS) is 17.1. The quantitative estimate of drug-likeness (QED) is 0.167. The highest BCUT2D eigenvalue weighted by atomic mass is 32.1. The molecule has 4 aromatic heterocycles. The van der Waals surface area contributed by atoms with Crippen LogP contribution in [0.2, 0.25) is 0 Å². The van der Waals surface area contributed by atoms with Crippen molar-refractivity contribution in [1.29, 1.82) is 0 Å². The minimum atomic E-state index is -0.554. The molecule has 1 aliphatic carbocycles. The van der Waals surface area contributed by atoms with E-state index in [4.69, 9.17) is 0 Å². The van der Waals surface area contributed by atoms with Gasteiger partial charge in [0.1, 0.15) is 0 Å². The molecule has 14 aromatic rings. The van der Waals surface area contributed by atoms with Crippen molar-refractivity contribution in [3.63, 3.8) is 0 Å². The molecule has 4 heterocycles. The van der Waals surface area contributed by atoms with Gasteiger partial charge in [-0.15, -0.1) is 22.7 Å². The zero-order valence-corrected chi connectivity index (χ0v) is 39.1. The highest BCUT2D eigenvalue weighted by Gasteiger charge is 2.50. The summed E-state index contributed by atoms with van der Waals surface area (Å²) in [7, 11) is 0. The molecule has 0 fully saturated rings. The summed E-state index contributed by atoms with van der Waals surface area (Å²) in [5, 5.41) is 10.4. The fourth-order valence-electron chi connectivity index (χ4n) is 12.7. The van der Waals surface area contributed by atoms with Crippen molar-refractivity contribution in [3.05, 3.63) is 252 Å². The molecule has 0 bridgehead atoms. The smallest absolute Gasteiger partial charge is 0.0640 e. The van der Waals surface area contributed by atoms with Crippen LogP contribution < -0.4 is 0 Å². The molecule has 4 heteroatoms. The first-order chi connectivity index (χ1) is 33.5. The first-order valence-electron chi connectivity index (χ1n) is 23.6. The van der Waals surface area contributed by atoms with Gasteiger partial charge in [0.2, 0.25) is 0 Å². The molecule has 15 rings (SSSR count). The van der Waals surface area contributed by atoms with Gasteiger partial charge >= 0.3 is 0 Å². The number of nitrogens with zero attached hydrogens (tertiary/aromatic N) is 2. The minimum absolute atomic E-state index is 0.554.